The molecule has 1 aliphatic rings. The Bertz CT molecular complexity index is 930. The molecule has 0 bridgehead atoms. The van der Waals surface area contributed by atoms with E-state index in [-0.39, 0.29) is 10.7 Å². The standard InChI is InChI=1S/C20H21N3O3S/c1-4-26-16-7-5-6-15(11-16)23-19(25)17(18(24)21-20(23)27)10-14-8-9-22(12-14)13(2)3/h5-13H,4H2,1-3H3,(H,21,24,27)/b17-10-. The van der Waals surface area contributed by atoms with Gasteiger partial charge in [0.25, 0.3) is 11.8 Å². The molecule has 0 unspecified atom stereocenters. The van der Waals surface area contributed by atoms with Crippen molar-refractivity contribution >= 4 is 40.9 Å². The molecule has 0 saturated carbocycles. The van der Waals surface area contributed by atoms with Crippen LogP contribution in [-0.4, -0.2) is 28.1 Å². The molecule has 1 N–H and O–H groups in total. The van der Waals surface area contributed by atoms with E-state index < -0.39 is 11.8 Å². The first-order chi connectivity index (χ1) is 12.9. The molecule has 1 fully saturated rings. The van der Waals surface area contributed by atoms with E-state index in [1.165, 1.54) is 4.90 Å². The summed E-state index contributed by atoms with van der Waals surface area (Å²) in [7, 11) is 0. The van der Waals surface area contributed by atoms with Gasteiger partial charge in [-0.25, -0.2) is 0 Å². The third-order valence-corrected chi connectivity index (χ3v) is 4.42. The van der Waals surface area contributed by atoms with Gasteiger partial charge < -0.3 is 9.30 Å². The molecule has 1 aromatic carbocycles. The molecule has 7 heteroatoms. The Hall–Kier alpha value is -2.93. The molecule has 1 aromatic heterocycles. The van der Waals surface area contributed by atoms with Crippen molar-refractivity contribution in [2.75, 3.05) is 11.5 Å². The van der Waals surface area contributed by atoms with Gasteiger partial charge >= 0.3 is 0 Å². The smallest absolute Gasteiger partial charge is 0.270 e. The summed E-state index contributed by atoms with van der Waals surface area (Å²) in [5.41, 5.74) is 1.35. The fourth-order valence-electron chi connectivity index (χ4n) is 2.77. The van der Waals surface area contributed by atoms with Gasteiger partial charge in [0.2, 0.25) is 0 Å². The SMILES string of the molecule is CCOc1cccc(N2C(=O)/C(=C\c3ccn(C(C)C)c3)C(=O)NC2=S)c1. The number of benzene rings is 1. The molecular formula is C20H21N3O3S. The number of aromatic nitrogens is 1. The number of hydrogen-bond donors (Lipinski definition) is 1. The van der Waals surface area contributed by atoms with Crippen molar-refractivity contribution < 1.29 is 14.3 Å². The molecule has 0 spiro atoms. The lowest BCUT2D eigenvalue weighted by molar-refractivity contribution is -0.122. The summed E-state index contributed by atoms with van der Waals surface area (Å²) in [4.78, 5) is 26.7. The van der Waals surface area contributed by atoms with Gasteiger partial charge in [0, 0.05) is 24.5 Å². The number of hydrogen-bond acceptors (Lipinski definition) is 4. The van der Waals surface area contributed by atoms with Gasteiger partial charge in [-0.1, -0.05) is 6.07 Å². The number of ether oxygens (including phenoxy) is 1. The number of rotatable bonds is 5. The fraction of sp³-hybridized carbons (Fsp3) is 0.250. The second-order valence-electron chi connectivity index (χ2n) is 6.37. The average Bonchev–Trinajstić information content (AvgIpc) is 3.08. The third kappa shape index (κ3) is 3.93. The van der Waals surface area contributed by atoms with Gasteiger partial charge in [-0.15, -0.1) is 0 Å². The van der Waals surface area contributed by atoms with Crippen molar-refractivity contribution in [3.05, 3.63) is 53.9 Å². The summed E-state index contributed by atoms with van der Waals surface area (Å²) in [5.74, 6) is -0.337. The highest BCUT2D eigenvalue weighted by Gasteiger charge is 2.34. The van der Waals surface area contributed by atoms with Crippen LogP contribution in [0.1, 0.15) is 32.4 Å². The maximum Gasteiger partial charge on any atom is 0.270 e. The topological polar surface area (TPSA) is 63.6 Å². The Morgan fingerprint density at radius 2 is 2.04 bits per heavy atom. The summed E-state index contributed by atoms with van der Waals surface area (Å²) < 4.78 is 7.50. The monoisotopic (exact) mass is 383 g/mol. The zero-order valence-electron chi connectivity index (χ0n) is 15.4. The molecule has 1 aliphatic heterocycles. The number of nitrogens with one attached hydrogen (secondary N) is 1. The predicted octanol–water partition coefficient (Wildman–Crippen LogP) is 3.30. The van der Waals surface area contributed by atoms with Crippen molar-refractivity contribution in [2.24, 2.45) is 0 Å². The van der Waals surface area contributed by atoms with E-state index in [4.69, 9.17) is 17.0 Å². The van der Waals surface area contributed by atoms with Crippen molar-refractivity contribution in [1.29, 1.82) is 0 Å². The van der Waals surface area contributed by atoms with Crippen LogP contribution in [0.25, 0.3) is 6.08 Å². The highest BCUT2D eigenvalue weighted by molar-refractivity contribution is 7.80. The molecule has 2 aromatic rings. The molecule has 6 nitrogen and oxygen atoms in total. The van der Waals surface area contributed by atoms with E-state index >= 15 is 0 Å². The predicted molar refractivity (Wildman–Crippen MR) is 109 cm³/mol. The van der Waals surface area contributed by atoms with E-state index in [1.54, 1.807) is 30.3 Å². The molecule has 1 saturated heterocycles. The Labute approximate surface area is 163 Å². The number of anilines is 1. The largest absolute Gasteiger partial charge is 0.494 e. The van der Waals surface area contributed by atoms with Gasteiger partial charge in [-0.2, -0.15) is 0 Å². The minimum absolute atomic E-state index is 0.0342. The zero-order valence-corrected chi connectivity index (χ0v) is 16.2. The van der Waals surface area contributed by atoms with Crippen LogP contribution in [0.15, 0.2) is 48.3 Å². The molecule has 140 valence electrons. The van der Waals surface area contributed by atoms with Crippen molar-refractivity contribution in [3.8, 4) is 5.75 Å². The normalized spacial score (nSPS) is 16.2. The lowest BCUT2D eigenvalue weighted by Gasteiger charge is -2.29. The van der Waals surface area contributed by atoms with E-state index in [2.05, 4.69) is 19.2 Å². The number of thiocarbonyl (C=S) groups is 1. The Morgan fingerprint density at radius 1 is 1.26 bits per heavy atom. The summed E-state index contributed by atoms with van der Waals surface area (Å²) in [6, 6.07) is 9.20. The molecule has 0 aliphatic carbocycles. The van der Waals surface area contributed by atoms with Crippen LogP contribution in [0.5, 0.6) is 5.75 Å². The second-order valence-corrected chi connectivity index (χ2v) is 6.76. The van der Waals surface area contributed by atoms with Gasteiger partial charge in [0.05, 0.1) is 12.3 Å². The third-order valence-electron chi connectivity index (χ3n) is 4.13. The fourth-order valence-corrected chi connectivity index (χ4v) is 3.06. The highest BCUT2D eigenvalue weighted by atomic mass is 32.1. The summed E-state index contributed by atoms with van der Waals surface area (Å²) >= 11 is 5.23. The van der Waals surface area contributed by atoms with Crippen molar-refractivity contribution in [1.82, 2.24) is 9.88 Å². The highest BCUT2D eigenvalue weighted by Crippen LogP contribution is 2.26. The van der Waals surface area contributed by atoms with Crippen LogP contribution < -0.4 is 15.0 Å². The Balaban J connectivity index is 1.96. The van der Waals surface area contributed by atoms with Crippen LogP contribution in [-0.2, 0) is 9.59 Å². The lowest BCUT2D eigenvalue weighted by atomic mass is 10.1. The number of nitrogens with zero attached hydrogens (tertiary/aromatic N) is 2. The molecular weight excluding hydrogens is 362 g/mol. The minimum Gasteiger partial charge on any atom is -0.494 e. The first-order valence-electron chi connectivity index (χ1n) is 8.72. The van der Waals surface area contributed by atoms with Crippen LogP contribution in [0.4, 0.5) is 5.69 Å². The summed E-state index contributed by atoms with van der Waals surface area (Å²) in [6.45, 7) is 6.51. The average molecular weight is 383 g/mol. The Morgan fingerprint density at radius 3 is 2.70 bits per heavy atom. The molecule has 0 radical (unpaired) electrons. The van der Waals surface area contributed by atoms with E-state index in [1.807, 2.05) is 30.0 Å². The van der Waals surface area contributed by atoms with Crippen LogP contribution in [0, 0.1) is 0 Å². The first-order valence-corrected chi connectivity index (χ1v) is 9.13. The van der Waals surface area contributed by atoms with Gasteiger partial charge in [-0.3, -0.25) is 19.8 Å². The Kier molecular flexibility index (Phi) is 5.41. The lowest BCUT2D eigenvalue weighted by Crippen LogP contribution is -2.54. The van der Waals surface area contributed by atoms with E-state index in [9.17, 15) is 9.59 Å². The van der Waals surface area contributed by atoms with Crippen molar-refractivity contribution in [3.63, 3.8) is 0 Å². The summed E-state index contributed by atoms with van der Waals surface area (Å²) in [5, 5.41) is 2.64. The summed E-state index contributed by atoms with van der Waals surface area (Å²) in [6.07, 6.45) is 5.39. The van der Waals surface area contributed by atoms with Crippen LogP contribution >= 0.6 is 12.2 Å². The second kappa shape index (κ2) is 7.75. The minimum atomic E-state index is -0.500. The molecule has 3 rings (SSSR count). The first kappa shape index (κ1) is 18.8. The van der Waals surface area contributed by atoms with Crippen LogP contribution in [0.2, 0.25) is 0 Å². The number of carbonyl (C=O) groups is 2. The number of carbonyl (C=O) groups excluding carboxylic acids is 2. The van der Waals surface area contributed by atoms with Crippen LogP contribution in [0.3, 0.4) is 0 Å². The zero-order chi connectivity index (χ0) is 19.6. The van der Waals surface area contributed by atoms with Gasteiger partial charge in [0.15, 0.2) is 5.11 Å². The van der Waals surface area contributed by atoms with E-state index in [0.717, 1.165) is 5.56 Å². The maximum absolute atomic E-state index is 13.0. The molecule has 0 atom stereocenters. The number of amides is 2. The van der Waals surface area contributed by atoms with Gasteiger partial charge in [-0.05, 0) is 62.8 Å². The van der Waals surface area contributed by atoms with Crippen molar-refractivity contribution in [2.45, 2.75) is 26.8 Å². The molecule has 2 amide bonds. The quantitative estimate of drug-likeness (QED) is 0.489. The van der Waals surface area contributed by atoms with E-state index in [0.29, 0.717) is 24.1 Å². The van der Waals surface area contributed by atoms with Gasteiger partial charge in [0.1, 0.15) is 11.3 Å². The molecule has 2 heterocycles. The molecule has 27 heavy (non-hydrogen) atoms. The maximum atomic E-state index is 13.0.